The van der Waals surface area contributed by atoms with Crippen LogP contribution in [-0.2, 0) is 15.6 Å². The van der Waals surface area contributed by atoms with Crippen LogP contribution in [0.5, 0.6) is 11.5 Å². The highest BCUT2D eigenvalue weighted by Gasteiger charge is 2.23. The van der Waals surface area contributed by atoms with Crippen molar-refractivity contribution in [3.63, 3.8) is 0 Å². The molecule has 0 amide bonds. The van der Waals surface area contributed by atoms with Crippen LogP contribution < -0.4 is 20.1 Å². The fraction of sp³-hybridized carbons (Fsp3) is 0.280. The second kappa shape index (κ2) is 11.1. The molecule has 158 valence electrons. The maximum atomic E-state index is 5.96. The number of aryl methyl sites for hydroxylation is 2. The molecule has 3 aromatic rings. The fourth-order valence-electron chi connectivity index (χ4n) is 3.23. The summed E-state index contributed by atoms with van der Waals surface area (Å²) >= 11 is 0. The Morgan fingerprint density at radius 1 is 0.667 bits per heavy atom. The summed E-state index contributed by atoms with van der Waals surface area (Å²) in [6, 6.07) is 23.2. The Kier molecular flexibility index (Phi) is 8.27. The molecule has 3 aromatic carbocycles. The molecular formula is C25H29O4P. The van der Waals surface area contributed by atoms with Gasteiger partial charge in [0.2, 0.25) is 0 Å². The molecule has 30 heavy (non-hydrogen) atoms. The fourth-order valence-corrected chi connectivity index (χ4v) is 5.94. The lowest BCUT2D eigenvalue weighted by molar-refractivity contribution is 0.0518. The van der Waals surface area contributed by atoms with Crippen molar-refractivity contribution >= 4 is 18.5 Å². The van der Waals surface area contributed by atoms with Crippen LogP contribution in [0.3, 0.4) is 0 Å². The van der Waals surface area contributed by atoms with Crippen molar-refractivity contribution in [2.45, 2.75) is 20.0 Å². The van der Waals surface area contributed by atoms with Crippen LogP contribution in [0, 0.1) is 13.8 Å². The van der Waals surface area contributed by atoms with Gasteiger partial charge in [0.25, 0.3) is 0 Å². The smallest absolute Gasteiger partial charge is 0.188 e. The zero-order valence-electron chi connectivity index (χ0n) is 18.1. The molecule has 0 bridgehead atoms. The van der Waals surface area contributed by atoms with Gasteiger partial charge in [0.15, 0.2) is 13.6 Å². The molecular weight excluding hydrogens is 395 g/mol. The molecule has 0 N–H and O–H groups in total. The lowest BCUT2D eigenvalue weighted by atomic mass is 10.2. The van der Waals surface area contributed by atoms with Gasteiger partial charge in [-0.25, -0.2) is 0 Å². The summed E-state index contributed by atoms with van der Waals surface area (Å²) in [6.07, 6.45) is 0.885. The quantitative estimate of drug-likeness (QED) is 0.343. The number of ether oxygens (including phenoxy) is 4. The minimum Gasteiger partial charge on any atom is -0.467 e. The maximum absolute atomic E-state index is 5.96. The van der Waals surface area contributed by atoms with Crippen LogP contribution in [0.25, 0.3) is 0 Å². The highest BCUT2D eigenvalue weighted by atomic mass is 31.1. The molecule has 0 heterocycles. The minimum atomic E-state index is -0.795. The molecule has 0 saturated carbocycles. The van der Waals surface area contributed by atoms with E-state index in [4.69, 9.17) is 18.9 Å². The first-order valence-electron chi connectivity index (χ1n) is 9.88. The van der Waals surface area contributed by atoms with Gasteiger partial charge >= 0.3 is 0 Å². The molecule has 5 heteroatoms. The van der Waals surface area contributed by atoms with Gasteiger partial charge in [-0.2, -0.15) is 0 Å². The summed E-state index contributed by atoms with van der Waals surface area (Å²) in [5, 5.41) is 2.36. The first kappa shape index (κ1) is 22.3. The normalized spacial score (nSPS) is 11.0. The van der Waals surface area contributed by atoms with E-state index < -0.39 is 7.92 Å². The summed E-state index contributed by atoms with van der Waals surface area (Å²) in [6.45, 7) is 4.65. The van der Waals surface area contributed by atoms with E-state index >= 15 is 0 Å². The third-order valence-corrected chi connectivity index (χ3v) is 7.20. The molecule has 0 aliphatic rings. The van der Waals surface area contributed by atoms with Crippen LogP contribution in [-0.4, -0.2) is 27.8 Å². The first-order valence-corrected chi connectivity index (χ1v) is 11.4. The Labute approximate surface area is 180 Å². The number of hydrogen-bond donors (Lipinski definition) is 0. The summed E-state index contributed by atoms with van der Waals surface area (Å²) in [7, 11) is 2.48. The van der Waals surface area contributed by atoms with E-state index in [9.17, 15) is 0 Å². The van der Waals surface area contributed by atoms with Crippen molar-refractivity contribution in [1.82, 2.24) is 0 Å². The van der Waals surface area contributed by atoms with Crippen LogP contribution in [0.1, 0.15) is 16.7 Å². The monoisotopic (exact) mass is 424 g/mol. The molecule has 0 saturated heterocycles. The summed E-state index contributed by atoms with van der Waals surface area (Å²) < 4.78 is 22.3. The highest BCUT2D eigenvalue weighted by Crippen LogP contribution is 2.44. The third kappa shape index (κ3) is 5.82. The molecule has 0 fully saturated rings. The van der Waals surface area contributed by atoms with Gasteiger partial charge in [-0.05, 0) is 51.6 Å². The van der Waals surface area contributed by atoms with Crippen molar-refractivity contribution in [2.24, 2.45) is 0 Å². The van der Waals surface area contributed by atoms with Gasteiger partial charge in [-0.1, -0.05) is 53.6 Å². The van der Waals surface area contributed by atoms with Gasteiger partial charge in [0, 0.05) is 31.0 Å². The van der Waals surface area contributed by atoms with Gasteiger partial charge in [-0.3, -0.25) is 0 Å². The molecule has 0 radical (unpaired) electrons. The molecule has 3 rings (SSSR count). The number of hydrogen-bond acceptors (Lipinski definition) is 4. The Morgan fingerprint density at radius 3 is 1.63 bits per heavy atom. The molecule has 0 spiro atoms. The summed E-state index contributed by atoms with van der Waals surface area (Å²) in [5.74, 6) is 1.70. The minimum absolute atomic E-state index is 0.214. The standard InChI is InChI=1S/C25H29O4P/c1-19-10-12-22(28-17-26-3)24(14-19)30(16-21-8-6-5-7-9-21)25-15-20(2)11-13-23(25)29-18-27-4/h5-15H,16-18H2,1-4H3. The number of benzene rings is 3. The number of methoxy groups -OCH3 is 2. The van der Waals surface area contributed by atoms with Crippen LogP contribution >= 0.6 is 7.92 Å². The van der Waals surface area contributed by atoms with Gasteiger partial charge in [0.1, 0.15) is 11.5 Å². The summed E-state index contributed by atoms with van der Waals surface area (Å²) in [5.41, 5.74) is 3.67. The van der Waals surface area contributed by atoms with E-state index in [2.05, 4.69) is 62.4 Å². The van der Waals surface area contributed by atoms with Gasteiger partial charge in [0.05, 0.1) is 0 Å². The zero-order chi connectivity index (χ0) is 21.3. The van der Waals surface area contributed by atoms with Crippen molar-refractivity contribution in [3.8, 4) is 11.5 Å². The Morgan fingerprint density at radius 2 is 1.17 bits per heavy atom. The first-order chi connectivity index (χ1) is 14.6. The largest absolute Gasteiger partial charge is 0.467 e. The molecule has 0 atom stereocenters. The lowest BCUT2D eigenvalue weighted by Crippen LogP contribution is -2.20. The second-order valence-corrected chi connectivity index (χ2v) is 9.25. The zero-order valence-corrected chi connectivity index (χ0v) is 18.9. The van der Waals surface area contributed by atoms with E-state index in [0.717, 1.165) is 17.7 Å². The highest BCUT2D eigenvalue weighted by molar-refractivity contribution is 7.72. The van der Waals surface area contributed by atoms with E-state index in [1.165, 1.54) is 27.3 Å². The lowest BCUT2D eigenvalue weighted by Gasteiger charge is -2.25. The third-order valence-electron chi connectivity index (χ3n) is 4.66. The predicted octanol–water partition coefficient (Wildman–Crippen LogP) is 4.90. The molecule has 0 aliphatic carbocycles. The number of rotatable bonds is 10. The second-order valence-electron chi connectivity index (χ2n) is 7.12. The van der Waals surface area contributed by atoms with Crippen LogP contribution in [0.2, 0.25) is 0 Å². The van der Waals surface area contributed by atoms with Crippen molar-refractivity contribution in [2.75, 3.05) is 27.8 Å². The van der Waals surface area contributed by atoms with Gasteiger partial charge < -0.3 is 18.9 Å². The van der Waals surface area contributed by atoms with E-state index in [0.29, 0.717) is 0 Å². The maximum Gasteiger partial charge on any atom is 0.188 e. The average Bonchev–Trinajstić information content (AvgIpc) is 2.76. The summed E-state index contributed by atoms with van der Waals surface area (Å²) in [4.78, 5) is 0. The SMILES string of the molecule is COCOc1ccc(C)cc1P(Cc1ccccc1)c1cc(C)ccc1OCOC. The predicted molar refractivity (Wildman–Crippen MR) is 124 cm³/mol. The van der Waals surface area contributed by atoms with Gasteiger partial charge in [-0.15, -0.1) is 0 Å². The molecule has 4 nitrogen and oxygen atoms in total. The Hall–Kier alpha value is -2.39. The average molecular weight is 424 g/mol. The van der Waals surface area contributed by atoms with E-state index in [-0.39, 0.29) is 13.6 Å². The Balaban J connectivity index is 2.13. The topological polar surface area (TPSA) is 36.9 Å². The van der Waals surface area contributed by atoms with E-state index in [1.54, 1.807) is 14.2 Å². The van der Waals surface area contributed by atoms with Crippen molar-refractivity contribution < 1.29 is 18.9 Å². The van der Waals surface area contributed by atoms with Crippen LogP contribution in [0.4, 0.5) is 0 Å². The van der Waals surface area contributed by atoms with E-state index in [1.807, 2.05) is 18.2 Å². The van der Waals surface area contributed by atoms with Crippen LogP contribution in [0.15, 0.2) is 66.7 Å². The molecule has 0 unspecified atom stereocenters. The Bertz CT molecular complexity index is 886. The molecule has 0 aromatic heterocycles. The van der Waals surface area contributed by atoms with Crippen molar-refractivity contribution in [1.29, 1.82) is 0 Å². The van der Waals surface area contributed by atoms with Crippen molar-refractivity contribution in [3.05, 3.63) is 83.4 Å². The molecule has 0 aliphatic heterocycles.